The lowest BCUT2D eigenvalue weighted by molar-refractivity contribution is -0.153. The van der Waals surface area contributed by atoms with Crippen LogP contribution in [0.4, 0.5) is 10.5 Å². The molecule has 0 spiro atoms. The first-order valence-corrected chi connectivity index (χ1v) is 10.6. The summed E-state index contributed by atoms with van der Waals surface area (Å²) in [5.74, 6) is -0.287. The molecular weight excluding hydrogens is 468 g/mol. The van der Waals surface area contributed by atoms with Crippen molar-refractivity contribution in [1.29, 1.82) is 0 Å². The van der Waals surface area contributed by atoms with Crippen LogP contribution in [-0.2, 0) is 20.7 Å². The van der Waals surface area contributed by atoms with Gasteiger partial charge in [0.1, 0.15) is 0 Å². The number of urea groups is 1. The van der Waals surface area contributed by atoms with Gasteiger partial charge in [-0.2, -0.15) is 0 Å². The quantitative estimate of drug-likeness (QED) is 0.511. The van der Waals surface area contributed by atoms with Crippen LogP contribution >= 0.6 is 15.9 Å². The molecule has 2 aromatic carbocycles. The Morgan fingerprint density at radius 1 is 1.00 bits per heavy atom. The summed E-state index contributed by atoms with van der Waals surface area (Å²) in [7, 11) is 0. The van der Waals surface area contributed by atoms with E-state index in [2.05, 4.69) is 26.6 Å². The van der Waals surface area contributed by atoms with Crippen molar-refractivity contribution in [2.24, 2.45) is 0 Å². The van der Waals surface area contributed by atoms with Crippen molar-refractivity contribution in [3.63, 3.8) is 0 Å². The maximum Gasteiger partial charge on any atom is 0.325 e. The van der Waals surface area contributed by atoms with Gasteiger partial charge in [-0.1, -0.05) is 34.1 Å². The molecule has 0 heterocycles. The molecule has 2 N–H and O–H groups in total. The minimum absolute atomic E-state index is 0.0963. The van der Waals surface area contributed by atoms with E-state index in [9.17, 15) is 14.4 Å². The number of hydrogen-bond acceptors (Lipinski definition) is 6. The monoisotopic (exact) mass is 492 g/mol. The topological polar surface area (TPSA) is 103 Å². The van der Waals surface area contributed by atoms with Crippen LogP contribution < -0.4 is 20.1 Å². The predicted octanol–water partition coefficient (Wildman–Crippen LogP) is 4.07. The van der Waals surface area contributed by atoms with Crippen LogP contribution in [0.3, 0.4) is 0 Å². The number of amides is 3. The molecule has 8 nitrogen and oxygen atoms in total. The molecule has 0 radical (unpaired) electrons. The number of halogens is 1. The van der Waals surface area contributed by atoms with Gasteiger partial charge in [-0.15, -0.1) is 0 Å². The maximum absolute atomic E-state index is 12.3. The van der Waals surface area contributed by atoms with Crippen molar-refractivity contribution in [3.8, 4) is 11.5 Å². The summed E-state index contributed by atoms with van der Waals surface area (Å²) in [5, 5.41) is 4.66. The molecule has 2 aromatic rings. The molecule has 0 bridgehead atoms. The molecule has 0 aromatic heterocycles. The van der Waals surface area contributed by atoms with Gasteiger partial charge in [0.05, 0.1) is 19.6 Å². The molecule has 0 aliphatic rings. The summed E-state index contributed by atoms with van der Waals surface area (Å²) in [6.07, 6.45) is -1.25. The van der Waals surface area contributed by atoms with Gasteiger partial charge in [0.25, 0.3) is 5.91 Å². The van der Waals surface area contributed by atoms with E-state index >= 15 is 0 Å². The van der Waals surface area contributed by atoms with Crippen LogP contribution in [0.15, 0.2) is 46.9 Å². The van der Waals surface area contributed by atoms with Gasteiger partial charge in [-0.05, 0) is 50.6 Å². The minimum atomic E-state index is -1.15. The number of ether oxygens (including phenoxy) is 3. The fourth-order valence-electron chi connectivity index (χ4n) is 2.59. The molecule has 9 heteroatoms. The Morgan fingerprint density at radius 2 is 1.61 bits per heavy atom. The lowest BCUT2D eigenvalue weighted by atomic mass is 10.1. The molecule has 0 aliphatic carbocycles. The second-order valence-corrected chi connectivity index (χ2v) is 7.23. The first-order valence-electron chi connectivity index (χ1n) is 9.78. The number of hydrogen-bond donors (Lipinski definition) is 2. The summed E-state index contributed by atoms with van der Waals surface area (Å²) in [6.45, 7) is 6.01. The largest absolute Gasteiger partial charge is 0.490 e. The Hall–Kier alpha value is -3.07. The summed E-state index contributed by atoms with van der Waals surface area (Å²) in [4.78, 5) is 36.4. The van der Waals surface area contributed by atoms with Crippen LogP contribution in [0.1, 0.15) is 26.3 Å². The normalized spacial score (nSPS) is 11.2. The molecule has 166 valence electrons. The van der Waals surface area contributed by atoms with E-state index in [1.54, 1.807) is 42.5 Å². The molecule has 0 aliphatic heterocycles. The number of carbonyl (C=O) groups excluding carboxylic acids is 3. The highest BCUT2D eigenvalue weighted by atomic mass is 79.9. The number of esters is 1. The molecule has 3 amide bonds. The van der Waals surface area contributed by atoms with Crippen molar-refractivity contribution >= 4 is 39.5 Å². The third kappa shape index (κ3) is 7.60. The lowest BCUT2D eigenvalue weighted by Gasteiger charge is -2.16. The van der Waals surface area contributed by atoms with Crippen molar-refractivity contribution in [1.82, 2.24) is 5.32 Å². The zero-order chi connectivity index (χ0) is 22.8. The van der Waals surface area contributed by atoms with Crippen LogP contribution in [0.25, 0.3) is 0 Å². The van der Waals surface area contributed by atoms with Gasteiger partial charge < -0.3 is 19.5 Å². The van der Waals surface area contributed by atoms with Crippen LogP contribution in [-0.4, -0.2) is 37.2 Å². The van der Waals surface area contributed by atoms with Gasteiger partial charge in [0.2, 0.25) is 0 Å². The van der Waals surface area contributed by atoms with Crippen LogP contribution in [0.2, 0.25) is 0 Å². The smallest absolute Gasteiger partial charge is 0.325 e. The highest BCUT2D eigenvalue weighted by Gasteiger charge is 2.21. The van der Waals surface area contributed by atoms with E-state index < -0.39 is 24.0 Å². The summed E-state index contributed by atoms with van der Waals surface area (Å²) in [5.41, 5.74) is 1.15. The summed E-state index contributed by atoms with van der Waals surface area (Å²) < 4.78 is 16.9. The number of benzene rings is 2. The Kier molecular flexibility index (Phi) is 9.33. The number of imide groups is 1. The van der Waals surface area contributed by atoms with Gasteiger partial charge in [-0.25, -0.2) is 4.79 Å². The third-order valence-electron chi connectivity index (χ3n) is 3.99. The van der Waals surface area contributed by atoms with Crippen molar-refractivity contribution in [2.75, 3.05) is 18.5 Å². The van der Waals surface area contributed by atoms with E-state index in [-0.39, 0.29) is 6.42 Å². The zero-order valence-electron chi connectivity index (χ0n) is 17.6. The maximum atomic E-state index is 12.3. The molecule has 31 heavy (non-hydrogen) atoms. The van der Waals surface area contributed by atoms with Crippen LogP contribution in [0, 0.1) is 0 Å². The van der Waals surface area contributed by atoms with Gasteiger partial charge in [0, 0.05) is 10.2 Å². The zero-order valence-corrected chi connectivity index (χ0v) is 19.2. The average Bonchev–Trinajstić information content (AvgIpc) is 2.72. The van der Waals surface area contributed by atoms with E-state index in [4.69, 9.17) is 14.2 Å². The Morgan fingerprint density at radius 3 is 2.23 bits per heavy atom. The van der Waals surface area contributed by atoms with Gasteiger partial charge in [0.15, 0.2) is 17.6 Å². The highest BCUT2D eigenvalue weighted by Crippen LogP contribution is 2.34. The van der Waals surface area contributed by atoms with Crippen molar-refractivity contribution < 1.29 is 28.6 Å². The molecular formula is C22H25BrN2O6. The molecule has 1 atom stereocenters. The molecule has 0 saturated carbocycles. The second-order valence-electron chi connectivity index (χ2n) is 6.37. The van der Waals surface area contributed by atoms with E-state index in [0.717, 1.165) is 0 Å². The first-order chi connectivity index (χ1) is 14.8. The van der Waals surface area contributed by atoms with Gasteiger partial charge in [-0.3, -0.25) is 14.9 Å². The standard InChI is InChI=1S/C22H25BrN2O6/c1-4-29-18-11-15(17(23)13-19(18)30-5-2)12-20(26)31-14(3)21(27)25-22(28)24-16-9-7-6-8-10-16/h6-11,13-14H,4-5,12H2,1-3H3,(H2,24,25,27,28). The minimum Gasteiger partial charge on any atom is -0.490 e. The molecule has 0 fully saturated rings. The Labute approximate surface area is 189 Å². The fraction of sp³-hybridized carbons (Fsp3) is 0.318. The summed E-state index contributed by atoms with van der Waals surface area (Å²) in [6, 6.07) is 11.4. The lowest BCUT2D eigenvalue weighted by Crippen LogP contribution is -2.41. The number of anilines is 1. The number of carbonyl (C=O) groups is 3. The van der Waals surface area contributed by atoms with E-state index in [0.29, 0.717) is 40.4 Å². The van der Waals surface area contributed by atoms with E-state index in [1.807, 2.05) is 13.8 Å². The second kappa shape index (κ2) is 11.9. The first kappa shape index (κ1) is 24.2. The Balaban J connectivity index is 1.94. The SMILES string of the molecule is CCOc1cc(Br)c(CC(=O)OC(C)C(=O)NC(=O)Nc2ccccc2)cc1OCC. The molecule has 1 unspecified atom stereocenters. The van der Waals surface area contributed by atoms with E-state index in [1.165, 1.54) is 6.92 Å². The highest BCUT2D eigenvalue weighted by molar-refractivity contribution is 9.10. The molecule has 0 saturated heterocycles. The predicted molar refractivity (Wildman–Crippen MR) is 119 cm³/mol. The molecule has 2 rings (SSSR count). The fourth-order valence-corrected chi connectivity index (χ4v) is 3.06. The van der Waals surface area contributed by atoms with Crippen molar-refractivity contribution in [2.45, 2.75) is 33.3 Å². The van der Waals surface area contributed by atoms with Gasteiger partial charge >= 0.3 is 12.0 Å². The summed E-state index contributed by atoms with van der Waals surface area (Å²) >= 11 is 3.41. The number of nitrogens with one attached hydrogen (secondary N) is 2. The number of rotatable bonds is 9. The Bertz CT molecular complexity index is 920. The van der Waals surface area contributed by atoms with Crippen LogP contribution in [0.5, 0.6) is 11.5 Å². The van der Waals surface area contributed by atoms with Crippen molar-refractivity contribution in [3.05, 3.63) is 52.5 Å². The average molecular weight is 493 g/mol. The number of para-hydroxylation sites is 1. The third-order valence-corrected chi connectivity index (χ3v) is 4.73.